The maximum absolute atomic E-state index is 12.2. The summed E-state index contributed by atoms with van der Waals surface area (Å²) in [4.78, 5) is 12.4. The predicted octanol–water partition coefficient (Wildman–Crippen LogP) is 2.64. The molecule has 0 bridgehead atoms. The minimum atomic E-state index is -3.29. The molecule has 2 aromatic rings. The zero-order valence-electron chi connectivity index (χ0n) is 13.9. The number of nitrogens with zero attached hydrogens (tertiary/aromatic N) is 2. The summed E-state index contributed by atoms with van der Waals surface area (Å²) in [7, 11) is -3.29. The molecule has 3 rings (SSSR count). The van der Waals surface area contributed by atoms with Gasteiger partial charge in [-0.05, 0) is 60.5 Å². The van der Waals surface area contributed by atoms with E-state index in [2.05, 4.69) is 5.10 Å². The van der Waals surface area contributed by atoms with Crippen molar-refractivity contribution in [2.75, 3.05) is 11.3 Å². The zero-order chi connectivity index (χ0) is 18.2. The molecular weight excluding hydrogens is 340 g/mol. The second-order valence-corrected chi connectivity index (χ2v) is 8.04. The summed E-state index contributed by atoms with van der Waals surface area (Å²) in [5.41, 5.74) is 2.85. The van der Waals surface area contributed by atoms with Gasteiger partial charge in [-0.15, -0.1) is 0 Å². The number of benzene rings is 2. The average molecular weight is 358 g/mol. The Balaban J connectivity index is 1.97. The number of carbonyl (C=O) groups excluding carboxylic acids is 1. The molecule has 7 heteroatoms. The van der Waals surface area contributed by atoms with E-state index in [1.807, 2.05) is 6.07 Å². The highest BCUT2D eigenvalue weighted by Crippen LogP contribution is 2.25. The summed E-state index contributed by atoms with van der Waals surface area (Å²) in [6.45, 7) is 1.80. The summed E-state index contributed by atoms with van der Waals surface area (Å²) in [5.74, 6) is 0.0656. The number of hydrogen-bond acceptors (Lipinski definition) is 5. The number of hydrogen-bond donors (Lipinski definition) is 1. The molecule has 2 aromatic carbocycles. The third-order valence-corrected chi connectivity index (χ3v) is 5.20. The monoisotopic (exact) mass is 358 g/mol. The summed E-state index contributed by atoms with van der Waals surface area (Å²) < 4.78 is 23.1. The lowest BCUT2D eigenvalue weighted by molar-refractivity contribution is -0.118. The van der Waals surface area contributed by atoms with Crippen molar-refractivity contribution >= 4 is 27.1 Å². The van der Waals surface area contributed by atoms with Gasteiger partial charge in [0, 0.05) is 19.1 Å². The Kier molecular flexibility index (Phi) is 4.34. The van der Waals surface area contributed by atoms with Crippen molar-refractivity contribution < 1.29 is 18.3 Å². The van der Waals surface area contributed by atoms with E-state index in [4.69, 9.17) is 0 Å². The topological polar surface area (TPSA) is 87.0 Å². The van der Waals surface area contributed by atoms with Gasteiger partial charge in [-0.1, -0.05) is 0 Å². The molecule has 6 nitrogen and oxygen atoms in total. The van der Waals surface area contributed by atoms with E-state index in [0.29, 0.717) is 18.5 Å². The van der Waals surface area contributed by atoms with Crippen LogP contribution in [-0.2, 0) is 14.6 Å². The van der Waals surface area contributed by atoms with Crippen LogP contribution in [0.2, 0.25) is 0 Å². The average Bonchev–Trinajstić information content (AvgIpc) is 2.57. The maximum atomic E-state index is 12.2. The van der Waals surface area contributed by atoms with Gasteiger partial charge in [-0.3, -0.25) is 4.79 Å². The second kappa shape index (κ2) is 6.33. The van der Waals surface area contributed by atoms with Gasteiger partial charge in [0.15, 0.2) is 9.84 Å². The van der Waals surface area contributed by atoms with Crippen LogP contribution in [0.4, 0.5) is 5.69 Å². The lowest BCUT2D eigenvalue weighted by Gasteiger charge is -2.24. The largest absolute Gasteiger partial charge is 0.508 e. The number of aryl methyl sites for hydroxylation is 1. The van der Waals surface area contributed by atoms with Crippen molar-refractivity contribution in [1.29, 1.82) is 0 Å². The summed E-state index contributed by atoms with van der Waals surface area (Å²) >= 11 is 0. The van der Waals surface area contributed by atoms with Crippen LogP contribution in [0.5, 0.6) is 5.75 Å². The van der Waals surface area contributed by atoms with Gasteiger partial charge in [-0.25, -0.2) is 13.4 Å². The van der Waals surface area contributed by atoms with Crippen LogP contribution in [0.15, 0.2) is 52.5 Å². The molecule has 0 spiro atoms. The number of carbonyl (C=O) groups is 1. The van der Waals surface area contributed by atoms with Gasteiger partial charge in [0.05, 0.1) is 16.3 Å². The fraction of sp³-hybridized carbons (Fsp3) is 0.222. The van der Waals surface area contributed by atoms with E-state index in [1.54, 1.807) is 31.2 Å². The Morgan fingerprint density at radius 1 is 1.08 bits per heavy atom. The summed E-state index contributed by atoms with van der Waals surface area (Å²) in [6, 6.07) is 11.3. The fourth-order valence-electron chi connectivity index (χ4n) is 2.63. The molecule has 1 aliphatic rings. The smallest absolute Gasteiger partial charge is 0.247 e. The highest BCUT2D eigenvalue weighted by atomic mass is 32.2. The molecule has 0 aromatic heterocycles. The molecule has 1 heterocycles. The van der Waals surface area contributed by atoms with Gasteiger partial charge in [0.25, 0.3) is 0 Å². The molecule has 1 N–H and O–H groups in total. The van der Waals surface area contributed by atoms with Crippen molar-refractivity contribution in [2.24, 2.45) is 5.10 Å². The van der Waals surface area contributed by atoms with Gasteiger partial charge < -0.3 is 5.11 Å². The minimum absolute atomic E-state index is 0.147. The molecule has 25 heavy (non-hydrogen) atoms. The Morgan fingerprint density at radius 3 is 2.36 bits per heavy atom. The van der Waals surface area contributed by atoms with Crippen molar-refractivity contribution in [3.8, 4) is 5.75 Å². The van der Waals surface area contributed by atoms with Crippen LogP contribution in [0.3, 0.4) is 0 Å². The first kappa shape index (κ1) is 17.2. The standard InChI is InChI=1S/C18H18N2O4S/c1-12-11-13(3-9-17(12)21)16-8-10-18(22)20(19-16)14-4-6-15(7-5-14)25(2,23)24/h3-7,9,11,21H,8,10H2,1-2H3. The van der Waals surface area contributed by atoms with Gasteiger partial charge in [0.1, 0.15) is 5.75 Å². The van der Waals surface area contributed by atoms with Gasteiger partial charge >= 0.3 is 0 Å². The van der Waals surface area contributed by atoms with Crippen molar-refractivity contribution in [2.45, 2.75) is 24.7 Å². The van der Waals surface area contributed by atoms with Crippen LogP contribution in [-0.4, -0.2) is 31.4 Å². The highest BCUT2D eigenvalue weighted by Gasteiger charge is 2.23. The third-order valence-electron chi connectivity index (χ3n) is 4.07. The fourth-order valence-corrected chi connectivity index (χ4v) is 3.26. The molecule has 1 aliphatic heterocycles. The minimum Gasteiger partial charge on any atom is -0.508 e. The van der Waals surface area contributed by atoms with E-state index in [0.717, 1.165) is 23.1 Å². The Hall–Kier alpha value is -2.67. The number of sulfone groups is 1. The van der Waals surface area contributed by atoms with Crippen LogP contribution in [0, 0.1) is 6.92 Å². The summed E-state index contributed by atoms with van der Waals surface area (Å²) in [5, 5.41) is 15.4. The molecule has 0 unspecified atom stereocenters. The quantitative estimate of drug-likeness (QED) is 0.914. The van der Waals surface area contributed by atoms with E-state index in [1.165, 1.54) is 17.1 Å². The molecule has 0 aliphatic carbocycles. The number of amides is 1. The van der Waals surface area contributed by atoms with Crippen LogP contribution < -0.4 is 5.01 Å². The number of aromatic hydroxyl groups is 1. The number of anilines is 1. The SMILES string of the molecule is Cc1cc(C2=NN(c3ccc(S(C)(=O)=O)cc3)C(=O)CC2)ccc1O. The number of hydrazone groups is 1. The molecule has 0 saturated carbocycles. The van der Waals surface area contributed by atoms with Gasteiger partial charge in [-0.2, -0.15) is 5.10 Å². The first-order valence-electron chi connectivity index (χ1n) is 7.76. The molecular formula is C18H18N2O4S. The highest BCUT2D eigenvalue weighted by molar-refractivity contribution is 7.90. The van der Waals surface area contributed by atoms with E-state index in [-0.39, 0.29) is 16.6 Å². The third kappa shape index (κ3) is 3.56. The van der Waals surface area contributed by atoms with Crippen LogP contribution in [0.25, 0.3) is 0 Å². The molecule has 1 amide bonds. The number of phenolic OH excluding ortho intramolecular Hbond substituents is 1. The Morgan fingerprint density at radius 2 is 1.76 bits per heavy atom. The number of phenols is 1. The van der Waals surface area contributed by atoms with Gasteiger partial charge in [0.2, 0.25) is 5.91 Å². The van der Waals surface area contributed by atoms with Crippen LogP contribution in [0.1, 0.15) is 24.0 Å². The zero-order valence-corrected chi connectivity index (χ0v) is 14.7. The van der Waals surface area contributed by atoms with Crippen molar-refractivity contribution in [3.05, 3.63) is 53.6 Å². The van der Waals surface area contributed by atoms with E-state index in [9.17, 15) is 18.3 Å². The molecule has 0 saturated heterocycles. The lowest BCUT2D eigenvalue weighted by atomic mass is 10.0. The van der Waals surface area contributed by atoms with Crippen molar-refractivity contribution in [3.63, 3.8) is 0 Å². The van der Waals surface area contributed by atoms with E-state index >= 15 is 0 Å². The lowest BCUT2D eigenvalue weighted by Crippen LogP contribution is -2.31. The first-order chi connectivity index (χ1) is 11.8. The molecule has 0 radical (unpaired) electrons. The second-order valence-electron chi connectivity index (χ2n) is 6.02. The molecule has 130 valence electrons. The normalized spacial score (nSPS) is 15.2. The van der Waals surface area contributed by atoms with Crippen LogP contribution >= 0.6 is 0 Å². The Labute approximate surface area is 146 Å². The molecule has 0 fully saturated rings. The summed E-state index contributed by atoms with van der Waals surface area (Å²) in [6.07, 6.45) is 1.96. The number of rotatable bonds is 3. The predicted molar refractivity (Wildman–Crippen MR) is 95.7 cm³/mol. The molecule has 0 atom stereocenters. The Bertz CT molecular complexity index is 963. The maximum Gasteiger partial charge on any atom is 0.247 e. The first-order valence-corrected chi connectivity index (χ1v) is 9.65. The van der Waals surface area contributed by atoms with Crippen molar-refractivity contribution in [1.82, 2.24) is 0 Å². The van der Waals surface area contributed by atoms with E-state index < -0.39 is 9.84 Å².